The molecule has 3 aliphatic rings. The van der Waals surface area contributed by atoms with E-state index in [1.807, 2.05) is 0 Å². The molecule has 4 atom stereocenters. The molecular weight excluding hydrogens is 596 g/mol. The third-order valence-corrected chi connectivity index (χ3v) is 10.6. The Labute approximate surface area is 250 Å². The van der Waals surface area contributed by atoms with Gasteiger partial charge in [0.15, 0.2) is 0 Å². The van der Waals surface area contributed by atoms with Crippen LogP contribution in [-0.4, -0.2) is 73.5 Å². The SMILES string of the molecule is N#Cc1ccncc1C1CN(C(=O)[C@@H]2CC[C@@H]3CCC[C@H](NC(=O)c4cc5cc(C(F)P(=O)(O)O)ccc5s4)C(=O)N32)C1. The minimum Gasteiger partial charge on any atom is -0.340 e. The van der Waals surface area contributed by atoms with Gasteiger partial charge in [0, 0.05) is 42.1 Å². The highest BCUT2D eigenvalue weighted by Gasteiger charge is 2.47. The molecule has 43 heavy (non-hydrogen) atoms. The smallest absolute Gasteiger partial charge is 0.340 e. The summed E-state index contributed by atoms with van der Waals surface area (Å²) in [5.74, 6) is -3.34. The van der Waals surface area contributed by atoms with Crippen molar-refractivity contribution in [3.63, 3.8) is 0 Å². The highest BCUT2D eigenvalue weighted by Crippen LogP contribution is 2.53. The molecule has 3 fully saturated rings. The summed E-state index contributed by atoms with van der Waals surface area (Å²) in [6, 6.07) is 7.95. The number of carbonyl (C=O) groups is 3. The number of thiophene rings is 1. The first-order valence-corrected chi connectivity index (χ1v) is 16.5. The first kappa shape index (κ1) is 29.4. The molecule has 0 radical (unpaired) electrons. The number of alkyl halides is 1. The summed E-state index contributed by atoms with van der Waals surface area (Å²) in [6.45, 7) is 0.904. The number of likely N-dealkylation sites (tertiary alicyclic amines) is 1. The molecule has 3 N–H and O–H groups in total. The quantitative estimate of drug-likeness (QED) is 0.350. The Bertz CT molecular complexity index is 1700. The molecule has 1 aromatic carbocycles. The van der Waals surface area contributed by atoms with E-state index in [4.69, 9.17) is 0 Å². The van der Waals surface area contributed by atoms with Crippen LogP contribution >= 0.6 is 18.9 Å². The summed E-state index contributed by atoms with van der Waals surface area (Å²) in [6.07, 6.45) is 6.37. The molecule has 224 valence electrons. The lowest BCUT2D eigenvalue weighted by Crippen LogP contribution is -2.58. The number of carbonyl (C=O) groups excluding carboxylic acids is 3. The zero-order valence-electron chi connectivity index (χ0n) is 22.9. The van der Waals surface area contributed by atoms with Crippen molar-refractivity contribution in [1.29, 1.82) is 5.26 Å². The van der Waals surface area contributed by atoms with Crippen molar-refractivity contribution in [2.75, 3.05) is 13.1 Å². The third-order valence-electron chi connectivity index (χ3n) is 8.62. The molecule has 3 saturated heterocycles. The van der Waals surface area contributed by atoms with Crippen LogP contribution in [0.2, 0.25) is 0 Å². The number of nitrogens with zero attached hydrogens (tertiary/aromatic N) is 4. The molecular formula is C29H29FN5O6PS. The fourth-order valence-electron chi connectivity index (χ4n) is 6.38. The van der Waals surface area contributed by atoms with Crippen LogP contribution in [0.5, 0.6) is 0 Å². The van der Waals surface area contributed by atoms with E-state index < -0.39 is 31.5 Å². The molecule has 3 amide bonds. The number of fused-ring (bicyclic) bond motifs is 2. The van der Waals surface area contributed by atoms with Crippen LogP contribution in [-0.2, 0) is 14.2 Å². The van der Waals surface area contributed by atoms with Crippen LogP contribution in [0, 0.1) is 11.3 Å². The average molecular weight is 626 g/mol. The van der Waals surface area contributed by atoms with Crippen molar-refractivity contribution >= 4 is 46.7 Å². The first-order valence-electron chi connectivity index (χ1n) is 14.0. The van der Waals surface area contributed by atoms with E-state index in [0.29, 0.717) is 54.4 Å². The molecule has 2 aromatic heterocycles. The lowest BCUT2D eigenvalue weighted by molar-refractivity contribution is -0.148. The van der Waals surface area contributed by atoms with Crippen LogP contribution in [0.25, 0.3) is 10.1 Å². The van der Waals surface area contributed by atoms with Gasteiger partial charge in [-0.05, 0) is 72.9 Å². The van der Waals surface area contributed by atoms with Crippen molar-refractivity contribution < 1.29 is 33.1 Å². The van der Waals surface area contributed by atoms with Crippen molar-refractivity contribution in [3.05, 3.63) is 64.3 Å². The van der Waals surface area contributed by atoms with Gasteiger partial charge in [0.1, 0.15) is 12.1 Å². The minimum atomic E-state index is -4.98. The van der Waals surface area contributed by atoms with E-state index in [0.717, 1.165) is 23.3 Å². The highest BCUT2D eigenvalue weighted by atomic mass is 32.1. The Kier molecular flexibility index (Phi) is 7.81. The number of hydrogen-bond donors (Lipinski definition) is 3. The second kappa shape index (κ2) is 11.4. The van der Waals surface area contributed by atoms with Gasteiger partial charge in [-0.25, -0.2) is 4.39 Å². The van der Waals surface area contributed by atoms with Gasteiger partial charge < -0.3 is 24.9 Å². The summed E-state index contributed by atoms with van der Waals surface area (Å²) >= 11 is 1.13. The molecule has 0 bridgehead atoms. The van der Waals surface area contributed by atoms with Crippen LogP contribution in [0.4, 0.5) is 4.39 Å². The molecule has 5 heterocycles. The number of benzene rings is 1. The normalized spacial score (nSPS) is 23.3. The lowest BCUT2D eigenvalue weighted by atomic mass is 9.89. The molecule has 0 aliphatic carbocycles. The Morgan fingerprint density at radius 3 is 2.70 bits per heavy atom. The number of halogens is 1. The second-order valence-corrected chi connectivity index (χ2v) is 14.0. The monoisotopic (exact) mass is 625 g/mol. The number of rotatable bonds is 6. The van der Waals surface area contributed by atoms with Crippen molar-refractivity contribution in [3.8, 4) is 6.07 Å². The van der Waals surface area contributed by atoms with E-state index in [1.165, 1.54) is 24.3 Å². The van der Waals surface area contributed by atoms with E-state index in [1.54, 1.807) is 28.3 Å². The molecule has 0 saturated carbocycles. The number of pyridine rings is 1. The van der Waals surface area contributed by atoms with Gasteiger partial charge in [-0.15, -0.1) is 11.3 Å². The predicted octanol–water partition coefficient (Wildman–Crippen LogP) is 3.58. The van der Waals surface area contributed by atoms with E-state index in [-0.39, 0.29) is 34.2 Å². The van der Waals surface area contributed by atoms with E-state index >= 15 is 0 Å². The molecule has 3 aromatic rings. The van der Waals surface area contributed by atoms with Gasteiger partial charge in [-0.1, -0.05) is 6.07 Å². The Morgan fingerprint density at radius 2 is 1.95 bits per heavy atom. The maximum absolute atomic E-state index is 14.2. The average Bonchev–Trinajstić information content (AvgIpc) is 3.55. The topological polar surface area (TPSA) is 164 Å². The first-order chi connectivity index (χ1) is 20.5. The summed E-state index contributed by atoms with van der Waals surface area (Å²) < 4.78 is 26.2. The Hall–Kier alpha value is -3.69. The maximum Gasteiger partial charge on any atom is 0.363 e. The molecule has 1 unspecified atom stereocenters. The van der Waals surface area contributed by atoms with Gasteiger partial charge in [0.25, 0.3) is 5.91 Å². The number of amides is 3. The minimum absolute atomic E-state index is 0.0151. The van der Waals surface area contributed by atoms with Gasteiger partial charge in [-0.3, -0.25) is 23.9 Å². The van der Waals surface area contributed by atoms with E-state index in [9.17, 15) is 38.4 Å². The van der Waals surface area contributed by atoms with Crippen molar-refractivity contribution in [1.82, 2.24) is 20.1 Å². The molecule has 6 rings (SSSR count). The molecule has 0 spiro atoms. The van der Waals surface area contributed by atoms with Crippen molar-refractivity contribution in [2.24, 2.45) is 0 Å². The summed E-state index contributed by atoms with van der Waals surface area (Å²) in [5, 5.41) is 12.7. The highest BCUT2D eigenvalue weighted by molar-refractivity contribution is 7.51. The Morgan fingerprint density at radius 1 is 1.16 bits per heavy atom. The molecule has 11 nitrogen and oxygen atoms in total. The van der Waals surface area contributed by atoms with Gasteiger partial charge in [0.05, 0.1) is 16.5 Å². The summed E-state index contributed by atoms with van der Waals surface area (Å²) in [5.41, 5.74) is 1.18. The fraction of sp³-hybridized carbons (Fsp3) is 0.414. The van der Waals surface area contributed by atoms with Crippen LogP contribution < -0.4 is 5.32 Å². The van der Waals surface area contributed by atoms with Crippen LogP contribution in [0.1, 0.15) is 70.3 Å². The number of aromatic nitrogens is 1. The maximum atomic E-state index is 14.2. The zero-order valence-corrected chi connectivity index (χ0v) is 24.6. The molecule has 3 aliphatic heterocycles. The molecule has 14 heteroatoms. The Balaban J connectivity index is 1.14. The third kappa shape index (κ3) is 5.56. The van der Waals surface area contributed by atoms with Gasteiger partial charge >= 0.3 is 7.60 Å². The fourth-order valence-corrected chi connectivity index (χ4v) is 7.88. The second-order valence-electron chi connectivity index (χ2n) is 11.3. The standard InChI is InChI=1S/C29H29FN5O6PS/c30-26(42(39,40)41)16-4-7-24-18(10-16)11-25(43-24)27(36)33-22-3-1-2-20-5-6-23(35(20)28(22)37)29(38)34-14-19(15-34)21-13-32-9-8-17(21)12-31/h4,7-11,13,19-20,22-23,26H,1-3,5-6,14-15H2,(H,33,36)(H2,39,40,41)/t20-,22-,23-,26?/m0/s1. The van der Waals surface area contributed by atoms with Gasteiger partial charge in [-0.2, -0.15) is 5.26 Å². The van der Waals surface area contributed by atoms with Crippen LogP contribution in [0.3, 0.4) is 0 Å². The number of hydrogen-bond acceptors (Lipinski definition) is 7. The predicted molar refractivity (Wildman–Crippen MR) is 155 cm³/mol. The van der Waals surface area contributed by atoms with Gasteiger partial charge in [0.2, 0.25) is 17.7 Å². The van der Waals surface area contributed by atoms with Crippen LogP contribution in [0.15, 0.2) is 42.7 Å². The summed E-state index contributed by atoms with van der Waals surface area (Å²) in [7, 11) is -4.98. The van der Waals surface area contributed by atoms with Crippen molar-refractivity contribution in [2.45, 2.75) is 62.1 Å². The lowest BCUT2D eigenvalue weighted by Gasteiger charge is -2.42. The summed E-state index contributed by atoms with van der Waals surface area (Å²) in [4.78, 5) is 66.7. The number of nitrogens with one attached hydrogen (secondary N) is 1. The largest absolute Gasteiger partial charge is 0.363 e. The zero-order chi connectivity index (χ0) is 30.5. The number of nitriles is 1. The van der Waals surface area contributed by atoms with E-state index in [2.05, 4.69) is 16.4 Å².